The summed E-state index contributed by atoms with van der Waals surface area (Å²) in [7, 11) is 0. The van der Waals surface area contributed by atoms with Crippen LogP contribution >= 0.6 is 0 Å². The zero-order valence-corrected chi connectivity index (χ0v) is 15.3. The van der Waals surface area contributed by atoms with Crippen molar-refractivity contribution in [3.8, 4) is 5.75 Å². The lowest BCUT2D eigenvalue weighted by atomic mass is 9.71. The third kappa shape index (κ3) is 4.32. The quantitative estimate of drug-likeness (QED) is 0.579. The van der Waals surface area contributed by atoms with Gasteiger partial charge in [-0.25, -0.2) is 0 Å². The van der Waals surface area contributed by atoms with Crippen molar-refractivity contribution >= 4 is 0 Å². The van der Waals surface area contributed by atoms with Crippen molar-refractivity contribution in [3.05, 3.63) is 54.1 Å². The molecule has 0 radical (unpaired) electrons. The molecule has 2 aliphatic carbocycles. The van der Waals surface area contributed by atoms with E-state index < -0.39 is 0 Å². The van der Waals surface area contributed by atoms with Gasteiger partial charge in [0, 0.05) is 0 Å². The van der Waals surface area contributed by atoms with Crippen LogP contribution in [0, 0.1) is 17.8 Å². The average Bonchev–Trinajstić information content (AvgIpc) is 2.63. The van der Waals surface area contributed by atoms with Gasteiger partial charge in [0.1, 0.15) is 5.75 Å². The topological polar surface area (TPSA) is 9.23 Å². The van der Waals surface area contributed by atoms with E-state index in [9.17, 15) is 0 Å². The van der Waals surface area contributed by atoms with E-state index in [4.69, 9.17) is 4.74 Å². The molecule has 3 unspecified atom stereocenters. The van der Waals surface area contributed by atoms with Crippen LogP contribution < -0.4 is 4.74 Å². The maximum Gasteiger partial charge on any atom is 0.119 e. The van der Waals surface area contributed by atoms with E-state index in [1.807, 2.05) is 6.92 Å². The maximum absolute atomic E-state index is 5.58. The highest BCUT2D eigenvalue weighted by molar-refractivity contribution is 5.31. The summed E-state index contributed by atoms with van der Waals surface area (Å²) >= 11 is 0. The number of benzene rings is 1. The van der Waals surface area contributed by atoms with Gasteiger partial charge in [-0.05, 0) is 54.7 Å². The summed E-state index contributed by atoms with van der Waals surface area (Å²) in [5.74, 6) is 3.78. The maximum atomic E-state index is 5.58. The summed E-state index contributed by atoms with van der Waals surface area (Å²) in [6, 6.07) is 8.74. The second-order valence-corrected chi connectivity index (χ2v) is 7.54. The molecule has 1 saturated carbocycles. The summed E-state index contributed by atoms with van der Waals surface area (Å²) in [5.41, 5.74) is 1.43. The van der Waals surface area contributed by atoms with Crippen molar-refractivity contribution in [2.45, 2.75) is 58.3 Å². The van der Waals surface area contributed by atoms with Gasteiger partial charge in [-0.2, -0.15) is 0 Å². The molecule has 0 aliphatic heterocycles. The Bertz CT molecular complexity index is 548. The molecular weight excluding hydrogens is 292 g/mol. The van der Waals surface area contributed by atoms with E-state index in [1.54, 1.807) is 0 Å². The van der Waals surface area contributed by atoms with Gasteiger partial charge in [-0.3, -0.25) is 0 Å². The molecule has 0 amide bonds. The second-order valence-electron chi connectivity index (χ2n) is 7.54. The predicted octanol–water partition coefficient (Wildman–Crippen LogP) is 6.52. The summed E-state index contributed by atoms with van der Waals surface area (Å²) in [5, 5.41) is 0. The first kappa shape index (κ1) is 17.3. The number of ether oxygens (including phenoxy) is 1. The number of hydrogen-bond acceptors (Lipinski definition) is 1. The van der Waals surface area contributed by atoms with Crippen LogP contribution in [0.25, 0.3) is 0 Å². The third-order valence-electron chi connectivity index (χ3n) is 5.92. The summed E-state index contributed by atoms with van der Waals surface area (Å²) in [6.07, 6.45) is 18.0. The molecule has 0 bridgehead atoms. The molecule has 0 N–H and O–H groups in total. The molecule has 1 nitrogen and oxygen atoms in total. The molecule has 1 aromatic rings. The molecule has 130 valence electrons. The van der Waals surface area contributed by atoms with Crippen LogP contribution in [0.15, 0.2) is 48.6 Å². The molecule has 0 aromatic heterocycles. The average molecular weight is 325 g/mol. The van der Waals surface area contributed by atoms with Crippen molar-refractivity contribution in [2.24, 2.45) is 17.8 Å². The largest absolute Gasteiger partial charge is 0.494 e. The fourth-order valence-electron chi connectivity index (χ4n) is 4.51. The highest BCUT2D eigenvalue weighted by Gasteiger charge is 2.28. The Labute approximate surface area is 147 Å². The molecule has 2 aliphatic rings. The van der Waals surface area contributed by atoms with E-state index in [0.717, 1.165) is 18.3 Å². The van der Waals surface area contributed by atoms with Gasteiger partial charge in [-0.15, -0.1) is 0 Å². The van der Waals surface area contributed by atoms with Crippen LogP contribution in [0.4, 0.5) is 0 Å². The highest BCUT2D eigenvalue weighted by Crippen LogP contribution is 2.40. The summed E-state index contributed by atoms with van der Waals surface area (Å²) in [4.78, 5) is 0. The number of allylic oxidation sites excluding steroid dienone is 4. The number of hydrogen-bond donors (Lipinski definition) is 0. The predicted molar refractivity (Wildman–Crippen MR) is 102 cm³/mol. The number of rotatable bonds is 6. The van der Waals surface area contributed by atoms with E-state index in [-0.39, 0.29) is 0 Å². The van der Waals surface area contributed by atoms with Gasteiger partial charge < -0.3 is 4.74 Å². The molecule has 0 spiro atoms. The van der Waals surface area contributed by atoms with E-state index in [2.05, 4.69) is 55.5 Å². The smallest absolute Gasteiger partial charge is 0.119 e. The summed E-state index contributed by atoms with van der Waals surface area (Å²) < 4.78 is 5.58. The first-order chi connectivity index (χ1) is 11.8. The first-order valence-electron chi connectivity index (χ1n) is 9.85. The zero-order chi connectivity index (χ0) is 16.8. The Morgan fingerprint density at radius 1 is 1.00 bits per heavy atom. The Kier molecular flexibility index (Phi) is 6.18. The molecule has 1 heteroatoms. The van der Waals surface area contributed by atoms with Crippen molar-refractivity contribution in [2.75, 3.05) is 6.61 Å². The van der Waals surface area contributed by atoms with E-state index >= 15 is 0 Å². The first-order valence-corrected chi connectivity index (χ1v) is 9.85. The van der Waals surface area contributed by atoms with Crippen molar-refractivity contribution < 1.29 is 4.74 Å². The molecular formula is C23H32O. The van der Waals surface area contributed by atoms with Crippen LogP contribution in [0.5, 0.6) is 5.75 Å². The van der Waals surface area contributed by atoms with Crippen LogP contribution in [0.2, 0.25) is 0 Å². The Morgan fingerprint density at radius 2 is 1.71 bits per heavy atom. The lowest BCUT2D eigenvalue weighted by molar-refractivity contribution is 0.269. The lowest BCUT2D eigenvalue weighted by Crippen LogP contribution is -2.22. The van der Waals surface area contributed by atoms with Crippen molar-refractivity contribution in [1.82, 2.24) is 0 Å². The van der Waals surface area contributed by atoms with Gasteiger partial charge in [0.25, 0.3) is 0 Å². The zero-order valence-electron chi connectivity index (χ0n) is 15.3. The van der Waals surface area contributed by atoms with Gasteiger partial charge in [0.05, 0.1) is 6.61 Å². The fraction of sp³-hybridized carbons (Fsp3) is 0.565. The van der Waals surface area contributed by atoms with Gasteiger partial charge in [0.15, 0.2) is 0 Å². The Morgan fingerprint density at radius 3 is 2.42 bits per heavy atom. The summed E-state index contributed by atoms with van der Waals surface area (Å²) in [6.45, 7) is 5.15. The van der Waals surface area contributed by atoms with Crippen LogP contribution in [0.3, 0.4) is 0 Å². The molecule has 1 aromatic carbocycles. The molecule has 0 saturated heterocycles. The third-order valence-corrected chi connectivity index (χ3v) is 5.92. The minimum Gasteiger partial charge on any atom is -0.494 e. The monoisotopic (exact) mass is 324 g/mol. The van der Waals surface area contributed by atoms with Crippen LogP contribution in [0.1, 0.15) is 63.9 Å². The van der Waals surface area contributed by atoms with Crippen molar-refractivity contribution in [1.29, 1.82) is 0 Å². The molecule has 1 fully saturated rings. The minimum absolute atomic E-state index is 0.551. The molecule has 3 rings (SSSR count). The molecule has 0 heterocycles. The Balaban J connectivity index is 1.67. The van der Waals surface area contributed by atoms with Crippen LogP contribution in [-0.4, -0.2) is 6.61 Å². The standard InChI is InChI=1S/C23H32O/c1-3-24-22-15-13-20(14-16-22)18(2)23-12-8-7-11-21(23)17-19-9-5-4-6-10-19/h7-8,11-16,18-19,21,23H,3-6,9-10,17H2,1-2H3. The van der Waals surface area contributed by atoms with E-state index in [0.29, 0.717) is 17.8 Å². The second kappa shape index (κ2) is 8.55. The van der Waals surface area contributed by atoms with Crippen molar-refractivity contribution in [3.63, 3.8) is 0 Å². The fourth-order valence-corrected chi connectivity index (χ4v) is 4.51. The highest BCUT2D eigenvalue weighted by atomic mass is 16.5. The lowest BCUT2D eigenvalue weighted by Gasteiger charge is -2.33. The van der Waals surface area contributed by atoms with Gasteiger partial charge in [0.2, 0.25) is 0 Å². The molecule has 3 atom stereocenters. The minimum atomic E-state index is 0.551. The Hall–Kier alpha value is -1.50. The molecule has 24 heavy (non-hydrogen) atoms. The van der Waals surface area contributed by atoms with E-state index in [1.165, 1.54) is 44.1 Å². The van der Waals surface area contributed by atoms with Crippen LogP contribution in [-0.2, 0) is 0 Å². The van der Waals surface area contributed by atoms with Gasteiger partial charge in [-0.1, -0.05) is 75.5 Å². The van der Waals surface area contributed by atoms with Gasteiger partial charge >= 0.3 is 0 Å². The normalized spacial score (nSPS) is 25.6. The SMILES string of the molecule is CCOc1ccc(C(C)C2C=CC=CC2CC2CCCCC2)cc1.